The van der Waals surface area contributed by atoms with Crippen LogP contribution in [0.4, 0.5) is 4.79 Å². The average molecular weight is 163 g/mol. The molecule has 0 spiro atoms. The van der Waals surface area contributed by atoms with Crippen LogP contribution >= 0.6 is 11.8 Å². The van der Waals surface area contributed by atoms with Crippen LogP contribution in [0.1, 0.15) is 13.8 Å². The number of carbonyl (C=O) groups is 2. The highest BCUT2D eigenvalue weighted by atomic mass is 32.2. The lowest BCUT2D eigenvalue weighted by molar-refractivity contribution is -0.109. The van der Waals surface area contributed by atoms with E-state index < -0.39 is 11.5 Å². The van der Waals surface area contributed by atoms with Crippen molar-refractivity contribution in [1.82, 2.24) is 0 Å². The van der Waals surface area contributed by atoms with Crippen molar-refractivity contribution in [1.29, 1.82) is 0 Å². The lowest BCUT2D eigenvalue weighted by atomic mass is 10.8. The molecule has 0 saturated heterocycles. The van der Waals surface area contributed by atoms with E-state index in [9.17, 15) is 9.59 Å². The zero-order valence-electron chi connectivity index (χ0n) is 5.79. The van der Waals surface area contributed by atoms with E-state index in [-0.39, 0.29) is 5.12 Å². The summed E-state index contributed by atoms with van der Waals surface area (Å²) >= 11 is 0.921. The fourth-order valence-electron chi connectivity index (χ4n) is 0.421. The van der Waals surface area contributed by atoms with Crippen molar-refractivity contribution in [3.63, 3.8) is 0 Å². The summed E-state index contributed by atoms with van der Waals surface area (Å²) in [5, 5.41) is -0.103. The van der Waals surface area contributed by atoms with Crippen LogP contribution in [0.2, 0.25) is 0 Å². The first-order valence-electron chi connectivity index (χ1n) is 2.65. The molecule has 0 bridgehead atoms. The van der Waals surface area contributed by atoms with Crippen LogP contribution in [0.25, 0.3) is 0 Å². The Kier molecular flexibility index (Phi) is 3.87. The number of primary amides is 1. The Balaban J connectivity index is 3.53. The lowest BCUT2D eigenvalue weighted by Gasteiger charge is -2.06. The van der Waals surface area contributed by atoms with Crippen molar-refractivity contribution >= 4 is 23.0 Å². The third-order valence-corrected chi connectivity index (χ3v) is 1.37. The Labute approximate surface area is 63.1 Å². The molecule has 0 aliphatic heterocycles. The van der Waals surface area contributed by atoms with Crippen molar-refractivity contribution in [2.45, 2.75) is 19.3 Å². The van der Waals surface area contributed by atoms with Gasteiger partial charge < -0.3 is 10.5 Å². The zero-order valence-corrected chi connectivity index (χ0v) is 6.60. The number of thioether (sulfide) groups is 1. The Morgan fingerprint density at radius 2 is 2.10 bits per heavy atom. The molecule has 0 rings (SSSR count). The number of hydrogen-bond acceptors (Lipinski definition) is 4. The first-order chi connectivity index (χ1) is 4.52. The molecule has 0 aromatic carbocycles. The number of ether oxygens (including phenoxy) is 1. The summed E-state index contributed by atoms with van der Waals surface area (Å²) in [7, 11) is 0. The molecule has 0 radical (unpaired) electrons. The van der Waals surface area contributed by atoms with Crippen LogP contribution in [0.15, 0.2) is 0 Å². The van der Waals surface area contributed by atoms with Gasteiger partial charge in [-0.15, -0.1) is 0 Å². The van der Waals surface area contributed by atoms with Gasteiger partial charge in [0.15, 0.2) is 10.6 Å². The maximum Gasteiger partial charge on any atom is 0.405 e. The van der Waals surface area contributed by atoms with E-state index in [1.54, 1.807) is 6.92 Å². The van der Waals surface area contributed by atoms with Crippen LogP contribution < -0.4 is 5.73 Å². The summed E-state index contributed by atoms with van der Waals surface area (Å²) in [6.45, 7) is 2.97. The van der Waals surface area contributed by atoms with Crippen LogP contribution in [0.5, 0.6) is 0 Å². The minimum atomic E-state index is -0.860. The molecular formula is C5H9NO3S. The third-order valence-electron chi connectivity index (χ3n) is 0.614. The summed E-state index contributed by atoms with van der Waals surface area (Å²) in [4.78, 5) is 20.4. The predicted octanol–water partition coefficient (Wildman–Crippen LogP) is 0.707. The molecule has 4 nitrogen and oxygen atoms in total. The second kappa shape index (κ2) is 4.16. The maximum absolute atomic E-state index is 10.4. The quantitative estimate of drug-likeness (QED) is 0.608. The second-order valence-corrected chi connectivity index (χ2v) is 3.09. The first-order valence-corrected chi connectivity index (χ1v) is 3.53. The molecule has 2 N–H and O–H groups in total. The number of hydrogen-bond donors (Lipinski definition) is 1. The summed E-state index contributed by atoms with van der Waals surface area (Å²) in [6, 6.07) is 0. The van der Waals surface area contributed by atoms with Gasteiger partial charge in [0.2, 0.25) is 0 Å². The van der Waals surface area contributed by atoms with Crippen molar-refractivity contribution in [3.8, 4) is 0 Å². The first kappa shape index (κ1) is 9.29. The van der Waals surface area contributed by atoms with Gasteiger partial charge in [-0.3, -0.25) is 4.79 Å². The van der Waals surface area contributed by atoms with Crippen molar-refractivity contribution in [2.24, 2.45) is 5.73 Å². The highest BCUT2D eigenvalue weighted by molar-refractivity contribution is 8.13. The highest BCUT2D eigenvalue weighted by Crippen LogP contribution is 2.11. The molecule has 0 fully saturated rings. The van der Waals surface area contributed by atoms with Gasteiger partial charge in [0, 0.05) is 6.92 Å². The molecule has 0 saturated carbocycles. The van der Waals surface area contributed by atoms with E-state index in [1.807, 2.05) is 0 Å². The van der Waals surface area contributed by atoms with E-state index in [0.29, 0.717) is 0 Å². The molecule has 1 amide bonds. The molecule has 1 unspecified atom stereocenters. The smallest absolute Gasteiger partial charge is 0.405 e. The zero-order chi connectivity index (χ0) is 8.15. The summed E-state index contributed by atoms with van der Waals surface area (Å²) in [5.41, 5.74) is 4.19. The fraction of sp³-hybridized carbons (Fsp3) is 0.600. The van der Waals surface area contributed by atoms with Gasteiger partial charge in [-0.2, -0.15) is 0 Å². The van der Waals surface area contributed by atoms with Gasteiger partial charge in [0.05, 0.1) is 0 Å². The van der Waals surface area contributed by atoms with Gasteiger partial charge in [-0.1, -0.05) is 0 Å². The molecule has 1 atom stereocenters. The maximum atomic E-state index is 10.4. The lowest BCUT2D eigenvalue weighted by Crippen LogP contribution is -2.18. The van der Waals surface area contributed by atoms with Gasteiger partial charge in [0.25, 0.3) is 0 Å². The fourth-order valence-corrected chi connectivity index (χ4v) is 1.03. The summed E-state index contributed by atoms with van der Waals surface area (Å²) in [5.74, 6) is 0. The van der Waals surface area contributed by atoms with Crippen LogP contribution in [-0.4, -0.2) is 16.6 Å². The van der Waals surface area contributed by atoms with Crippen molar-refractivity contribution in [3.05, 3.63) is 0 Å². The van der Waals surface area contributed by atoms with E-state index in [4.69, 9.17) is 0 Å². The van der Waals surface area contributed by atoms with Gasteiger partial charge in [0.1, 0.15) is 0 Å². The number of nitrogens with two attached hydrogens (primary N) is 1. The van der Waals surface area contributed by atoms with Crippen LogP contribution in [0, 0.1) is 0 Å². The Morgan fingerprint density at radius 1 is 1.60 bits per heavy atom. The highest BCUT2D eigenvalue weighted by Gasteiger charge is 2.08. The van der Waals surface area contributed by atoms with Crippen molar-refractivity contribution < 1.29 is 14.3 Å². The van der Waals surface area contributed by atoms with Crippen LogP contribution in [0.3, 0.4) is 0 Å². The predicted molar refractivity (Wildman–Crippen MR) is 38.4 cm³/mol. The molecule has 58 valence electrons. The SMILES string of the molecule is CC(=O)SC(C)OC(N)=O. The molecule has 0 aromatic rings. The normalized spacial score (nSPS) is 12.2. The van der Waals surface area contributed by atoms with E-state index in [1.165, 1.54) is 6.92 Å². The molecule has 0 aliphatic rings. The molecule has 5 heteroatoms. The third kappa shape index (κ3) is 5.43. The Hall–Kier alpha value is -0.710. The molecular weight excluding hydrogens is 154 g/mol. The molecule has 10 heavy (non-hydrogen) atoms. The second-order valence-electron chi connectivity index (χ2n) is 1.61. The van der Waals surface area contributed by atoms with Crippen LogP contribution in [-0.2, 0) is 9.53 Å². The average Bonchev–Trinajstić information content (AvgIpc) is 1.58. The van der Waals surface area contributed by atoms with E-state index >= 15 is 0 Å². The topological polar surface area (TPSA) is 69.4 Å². The molecule has 0 heterocycles. The number of carbonyl (C=O) groups excluding carboxylic acids is 2. The number of amides is 1. The minimum absolute atomic E-state index is 0.103. The Bertz CT molecular complexity index is 132. The number of rotatable bonds is 2. The Morgan fingerprint density at radius 3 is 2.40 bits per heavy atom. The summed E-state index contributed by atoms with van der Waals surface area (Å²) in [6.07, 6.45) is -0.860. The van der Waals surface area contributed by atoms with Gasteiger partial charge in [-0.25, -0.2) is 4.79 Å². The molecule has 0 aromatic heterocycles. The monoisotopic (exact) mass is 163 g/mol. The molecule has 0 aliphatic carbocycles. The van der Waals surface area contributed by atoms with Gasteiger partial charge >= 0.3 is 6.09 Å². The van der Waals surface area contributed by atoms with E-state index in [0.717, 1.165) is 11.8 Å². The minimum Gasteiger partial charge on any atom is -0.435 e. The van der Waals surface area contributed by atoms with E-state index in [2.05, 4.69) is 10.5 Å². The largest absolute Gasteiger partial charge is 0.435 e. The standard InChI is InChI=1S/C5H9NO3S/c1-3(7)10-4(2)9-5(6)8/h4H,1-2H3,(H2,6,8). The summed E-state index contributed by atoms with van der Waals surface area (Å²) < 4.78 is 4.44. The van der Waals surface area contributed by atoms with Crippen molar-refractivity contribution in [2.75, 3.05) is 0 Å². The van der Waals surface area contributed by atoms with Gasteiger partial charge in [-0.05, 0) is 18.7 Å².